The van der Waals surface area contributed by atoms with Crippen molar-refractivity contribution in [1.29, 1.82) is 0 Å². The van der Waals surface area contributed by atoms with Crippen LogP contribution in [0.4, 0.5) is 4.79 Å². The second-order valence-electron chi connectivity index (χ2n) is 2.28. The standard InChI is InChI=1S/C8H14O3/c1-4-10-8(9)11-6-5-7(2)3/h5H,4,6H2,1-3H3. The van der Waals surface area contributed by atoms with E-state index in [4.69, 9.17) is 0 Å². The summed E-state index contributed by atoms with van der Waals surface area (Å²) in [6, 6.07) is 0. The second-order valence-corrected chi connectivity index (χ2v) is 2.28. The fraction of sp³-hybridized carbons (Fsp3) is 0.625. The fourth-order valence-corrected chi connectivity index (χ4v) is 0.436. The third kappa shape index (κ3) is 6.90. The van der Waals surface area contributed by atoms with Crippen molar-refractivity contribution in [2.24, 2.45) is 0 Å². The highest BCUT2D eigenvalue weighted by molar-refractivity contribution is 5.59. The highest BCUT2D eigenvalue weighted by Gasteiger charge is 1.97. The number of ether oxygens (including phenoxy) is 2. The summed E-state index contributed by atoms with van der Waals surface area (Å²) in [5.41, 5.74) is 1.12. The van der Waals surface area contributed by atoms with Crippen LogP contribution >= 0.6 is 0 Å². The van der Waals surface area contributed by atoms with Gasteiger partial charge in [0, 0.05) is 0 Å². The van der Waals surface area contributed by atoms with E-state index < -0.39 is 6.16 Å². The molecule has 0 bridgehead atoms. The summed E-state index contributed by atoms with van der Waals surface area (Å²) in [4.78, 5) is 10.6. The van der Waals surface area contributed by atoms with Gasteiger partial charge in [0.15, 0.2) is 0 Å². The minimum Gasteiger partial charge on any atom is -0.435 e. The van der Waals surface area contributed by atoms with E-state index in [2.05, 4.69) is 9.47 Å². The van der Waals surface area contributed by atoms with Gasteiger partial charge in [-0.1, -0.05) is 5.57 Å². The van der Waals surface area contributed by atoms with E-state index in [1.165, 1.54) is 0 Å². The molecule has 3 heteroatoms. The van der Waals surface area contributed by atoms with E-state index >= 15 is 0 Å². The van der Waals surface area contributed by atoms with Crippen LogP contribution in [0.1, 0.15) is 20.8 Å². The summed E-state index contributed by atoms with van der Waals surface area (Å²) < 4.78 is 9.19. The Kier molecular flexibility index (Phi) is 5.25. The Hall–Kier alpha value is -0.990. The molecule has 0 aliphatic rings. The Bertz CT molecular complexity index is 145. The zero-order valence-corrected chi connectivity index (χ0v) is 7.22. The van der Waals surface area contributed by atoms with Crippen LogP contribution in [0, 0.1) is 0 Å². The van der Waals surface area contributed by atoms with Gasteiger partial charge in [0.25, 0.3) is 0 Å². The molecule has 0 aromatic heterocycles. The molecule has 0 saturated heterocycles. The predicted molar refractivity (Wildman–Crippen MR) is 42.4 cm³/mol. The summed E-state index contributed by atoms with van der Waals surface area (Å²) in [6.45, 7) is 6.26. The van der Waals surface area contributed by atoms with Gasteiger partial charge in [0.2, 0.25) is 0 Å². The Morgan fingerprint density at radius 3 is 2.45 bits per heavy atom. The first-order chi connectivity index (χ1) is 5.16. The SMILES string of the molecule is CCOC(=O)OCC=C(C)C. The third-order valence-corrected chi connectivity index (χ3v) is 0.955. The van der Waals surface area contributed by atoms with Crippen LogP contribution < -0.4 is 0 Å². The van der Waals surface area contributed by atoms with Crippen molar-refractivity contribution in [3.63, 3.8) is 0 Å². The molecule has 0 rings (SSSR count). The lowest BCUT2D eigenvalue weighted by atomic mass is 10.3. The van der Waals surface area contributed by atoms with Crippen molar-refractivity contribution in [2.75, 3.05) is 13.2 Å². The van der Waals surface area contributed by atoms with Crippen LogP contribution in [0.3, 0.4) is 0 Å². The Morgan fingerprint density at radius 1 is 1.36 bits per heavy atom. The molecule has 0 aliphatic carbocycles. The highest BCUT2D eigenvalue weighted by atomic mass is 16.7. The van der Waals surface area contributed by atoms with Crippen molar-refractivity contribution in [1.82, 2.24) is 0 Å². The zero-order valence-electron chi connectivity index (χ0n) is 7.22. The van der Waals surface area contributed by atoms with E-state index in [9.17, 15) is 4.79 Å². The number of rotatable bonds is 3. The Labute approximate surface area is 67.0 Å². The molecule has 0 amide bonds. The van der Waals surface area contributed by atoms with Gasteiger partial charge in [-0.25, -0.2) is 4.79 Å². The molecule has 0 unspecified atom stereocenters. The maximum absolute atomic E-state index is 10.6. The molecule has 64 valence electrons. The average Bonchev–Trinajstić information content (AvgIpc) is 1.87. The molecular formula is C8H14O3. The molecule has 0 aromatic rings. The van der Waals surface area contributed by atoms with Gasteiger partial charge in [-0.3, -0.25) is 0 Å². The van der Waals surface area contributed by atoms with Gasteiger partial charge in [-0.2, -0.15) is 0 Å². The van der Waals surface area contributed by atoms with Crippen LogP contribution in [0.15, 0.2) is 11.6 Å². The highest BCUT2D eigenvalue weighted by Crippen LogP contribution is 1.90. The van der Waals surface area contributed by atoms with Gasteiger partial charge >= 0.3 is 6.16 Å². The summed E-state index contributed by atoms with van der Waals surface area (Å²) in [7, 11) is 0. The van der Waals surface area contributed by atoms with Crippen LogP contribution in [-0.4, -0.2) is 19.4 Å². The van der Waals surface area contributed by atoms with Crippen molar-refractivity contribution < 1.29 is 14.3 Å². The molecule has 3 nitrogen and oxygen atoms in total. The van der Waals surface area contributed by atoms with E-state index in [0.717, 1.165) is 5.57 Å². The van der Waals surface area contributed by atoms with Gasteiger partial charge in [0.05, 0.1) is 6.61 Å². The Morgan fingerprint density at radius 2 is 2.00 bits per heavy atom. The first-order valence-electron chi connectivity index (χ1n) is 3.59. The molecule has 0 atom stereocenters. The van der Waals surface area contributed by atoms with Gasteiger partial charge in [-0.15, -0.1) is 0 Å². The maximum Gasteiger partial charge on any atom is 0.508 e. The average molecular weight is 158 g/mol. The minimum absolute atomic E-state index is 0.293. The van der Waals surface area contributed by atoms with Crippen molar-refractivity contribution in [2.45, 2.75) is 20.8 Å². The molecule has 0 fully saturated rings. The first-order valence-corrected chi connectivity index (χ1v) is 3.59. The molecule has 0 spiro atoms. The summed E-state index contributed by atoms with van der Waals surface area (Å²) in [5.74, 6) is 0. The molecule has 0 saturated carbocycles. The molecule has 0 aromatic carbocycles. The van der Waals surface area contributed by atoms with Crippen LogP contribution in [-0.2, 0) is 9.47 Å². The van der Waals surface area contributed by atoms with Gasteiger partial charge in [0.1, 0.15) is 6.61 Å². The lowest BCUT2D eigenvalue weighted by Gasteiger charge is -2.00. The minimum atomic E-state index is -0.606. The maximum atomic E-state index is 10.6. The third-order valence-electron chi connectivity index (χ3n) is 0.955. The molecule has 0 heterocycles. The number of carbonyl (C=O) groups is 1. The van der Waals surface area contributed by atoms with E-state index in [-0.39, 0.29) is 0 Å². The monoisotopic (exact) mass is 158 g/mol. The first kappa shape index (κ1) is 10.0. The van der Waals surface area contributed by atoms with Crippen molar-refractivity contribution >= 4 is 6.16 Å². The van der Waals surface area contributed by atoms with E-state index in [1.54, 1.807) is 6.92 Å². The molecule has 0 radical (unpaired) electrons. The molecule has 0 aliphatic heterocycles. The lowest BCUT2D eigenvalue weighted by molar-refractivity contribution is 0.0672. The quantitative estimate of drug-likeness (QED) is 0.466. The number of carbonyl (C=O) groups excluding carboxylic acids is 1. The normalized spacial score (nSPS) is 8.64. The molecule has 0 N–H and O–H groups in total. The van der Waals surface area contributed by atoms with Crippen molar-refractivity contribution in [3.8, 4) is 0 Å². The smallest absolute Gasteiger partial charge is 0.435 e. The fourth-order valence-electron chi connectivity index (χ4n) is 0.436. The van der Waals surface area contributed by atoms with Crippen LogP contribution in [0.5, 0.6) is 0 Å². The number of allylic oxidation sites excluding steroid dienone is 1. The zero-order chi connectivity index (χ0) is 8.69. The van der Waals surface area contributed by atoms with E-state index in [1.807, 2.05) is 19.9 Å². The summed E-state index contributed by atoms with van der Waals surface area (Å²) in [6.07, 6.45) is 1.21. The van der Waals surface area contributed by atoms with E-state index in [0.29, 0.717) is 13.2 Å². The van der Waals surface area contributed by atoms with Gasteiger partial charge in [-0.05, 0) is 26.8 Å². The number of hydrogen-bond donors (Lipinski definition) is 0. The Balaban J connectivity index is 3.39. The van der Waals surface area contributed by atoms with Crippen LogP contribution in [0.25, 0.3) is 0 Å². The largest absolute Gasteiger partial charge is 0.508 e. The second kappa shape index (κ2) is 5.77. The molecule has 11 heavy (non-hydrogen) atoms. The predicted octanol–water partition coefficient (Wildman–Crippen LogP) is 2.13. The van der Waals surface area contributed by atoms with Crippen molar-refractivity contribution in [3.05, 3.63) is 11.6 Å². The summed E-state index contributed by atoms with van der Waals surface area (Å²) in [5, 5.41) is 0. The molecular weight excluding hydrogens is 144 g/mol. The summed E-state index contributed by atoms with van der Waals surface area (Å²) >= 11 is 0. The topological polar surface area (TPSA) is 35.5 Å². The number of hydrogen-bond acceptors (Lipinski definition) is 3. The lowest BCUT2D eigenvalue weighted by Crippen LogP contribution is -2.06. The van der Waals surface area contributed by atoms with Crippen LogP contribution in [0.2, 0.25) is 0 Å². The van der Waals surface area contributed by atoms with Gasteiger partial charge < -0.3 is 9.47 Å².